The summed E-state index contributed by atoms with van der Waals surface area (Å²) in [5, 5.41) is 3.41. The smallest absolute Gasteiger partial charge is 0.122 e. The molecule has 2 aromatic carbocycles. The molecule has 0 atom stereocenters. The normalized spacial score (nSPS) is 10.7. The molecule has 0 saturated carbocycles. The van der Waals surface area contributed by atoms with E-state index in [0.29, 0.717) is 6.04 Å². The molecule has 2 aromatic rings. The predicted octanol–water partition coefficient (Wildman–Crippen LogP) is 4.85. The molecular weight excluding hydrogens is 282 g/mol. The third-order valence-corrected chi connectivity index (χ3v) is 3.66. The molecule has 0 bridgehead atoms. The van der Waals surface area contributed by atoms with Crippen LogP contribution in [0.1, 0.15) is 25.8 Å². The number of nitrogens with one attached hydrogen (secondary N) is 1. The molecule has 0 saturated heterocycles. The summed E-state index contributed by atoms with van der Waals surface area (Å²) >= 11 is 0. The summed E-state index contributed by atoms with van der Waals surface area (Å²) in [5.41, 5.74) is 3.64. The van der Waals surface area contributed by atoms with E-state index in [2.05, 4.69) is 68.2 Å². The Morgan fingerprint density at radius 1 is 1.09 bits per heavy atom. The molecule has 0 amide bonds. The Hall–Kier alpha value is -2.06. The number of allylic oxidation sites excluding steroid dienone is 1. The summed E-state index contributed by atoms with van der Waals surface area (Å²) in [5.74, 6) is 0.967. The number of hydrogen-bond donors (Lipinski definition) is 1. The average Bonchev–Trinajstić information content (AvgIpc) is 2.56. The zero-order valence-electron chi connectivity index (χ0n) is 14.2. The first kappa shape index (κ1) is 17.3. The van der Waals surface area contributed by atoms with Crippen LogP contribution in [0.3, 0.4) is 0 Å². The van der Waals surface area contributed by atoms with Crippen LogP contribution in [-0.4, -0.2) is 19.2 Å². The van der Waals surface area contributed by atoms with Crippen molar-refractivity contribution in [3.8, 4) is 16.9 Å². The first-order chi connectivity index (χ1) is 11.2. The molecule has 0 radical (unpaired) electrons. The van der Waals surface area contributed by atoms with Gasteiger partial charge < -0.3 is 10.1 Å². The summed E-state index contributed by atoms with van der Waals surface area (Å²) in [7, 11) is 0. The lowest BCUT2D eigenvalue weighted by Crippen LogP contribution is -2.24. The standard InChI is InChI=1S/C21H27NO/c1-4-9-20-16-19(18-10-6-5-7-11-18)12-13-21(20)23-15-8-14-22-17(2)3/h4-7,10-13,16-17,22H,1,8-9,14-15H2,2-3H3. The van der Waals surface area contributed by atoms with Gasteiger partial charge in [0.1, 0.15) is 5.75 Å². The first-order valence-electron chi connectivity index (χ1n) is 8.36. The summed E-state index contributed by atoms with van der Waals surface area (Å²) in [6, 6.07) is 17.4. The molecule has 2 rings (SSSR count). The van der Waals surface area contributed by atoms with E-state index < -0.39 is 0 Å². The van der Waals surface area contributed by atoms with Crippen LogP contribution in [0.4, 0.5) is 0 Å². The zero-order chi connectivity index (χ0) is 16.5. The first-order valence-corrected chi connectivity index (χ1v) is 8.36. The third kappa shape index (κ3) is 5.57. The topological polar surface area (TPSA) is 21.3 Å². The number of hydrogen-bond acceptors (Lipinski definition) is 2. The Labute approximate surface area is 140 Å². The van der Waals surface area contributed by atoms with E-state index in [9.17, 15) is 0 Å². The Kier molecular flexibility index (Phi) is 6.89. The number of ether oxygens (including phenoxy) is 1. The van der Waals surface area contributed by atoms with Gasteiger partial charge in [0.2, 0.25) is 0 Å². The predicted molar refractivity (Wildman–Crippen MR) is 99.0 cm³/mol. The SMILES string of the molecule is C=CCc1cc(-c2ccccc2)ccc1OCCCNC(C)C. The van der Waals surface area contributed by atoms with Crippen LogP contribution in [0.2, 0.25) is 0 Å². The Balaban J connectivity index is 2.03. The second kappa shape index (κ2) is 9.16. The second-order valence-electron chi connectivity index (χ2n) is 5.99. The average molecular weight is 309 g/mol. The second-order valence-corrected chi connectivity index (χ2v) is 5.99. The molecule has 2 nitrogen and oxygen atoms in total. The third-order valence-electron chi connectivity index (χ3n) is 3.66. The van der Waals surface area contributed by atoms with Crippen LogP contribution in [0.15, 0.2) is 61.2 Å². The van der Waals surface area contributed by atoms with Crippen LogP contribution in [-0.2, 0) is 6.42 Å². The highest BCUT2D eigenvalue weighted by Crippen LogP contribution is 2.27. The Bertz CT molecular complexity index is 604. The maximum Gasteiger partial charge on any atom is 0.122 e. The summed E-state index contributed by atoms with van der Waals surface area (Å²) in [6.45, 7) is 9.89. The van der Waals surface area contributed by atoms with Crippen molar-refractivity contribution in [2.45, 2.75) is 32.7 Å². The van der Waals surface area contributed by atoms with Crippen molar-refractivity contribution >= 4 is 0 Å². The van der Waals surface area contributed by atoms with E-state index in [1.807, 2.05) is 12.1 Å². The molecule has 1 N–H and O–H groups in total. The van der Waals surface area contributed by atoms with E-state index in [1.54, 1.807) is 0 Å². The van der Waals surface area contributed by atoms with Crippen molar-refractivity contribution in [3.63, 3.8) is 0 Å². The minimum Gasteiger partial charge on any atom is -0.493 e. The molecular formula is C21H27NO. The molecule has 0 unspecified atom stereocenters. The maximum atomic E-state index is 5.97. The lowest BCUT2D eigenvalue weighted by atomic mass is 10.0. The molecule has 122 valence electrons. The minimum absolute atomic E-state index is 0.525. The fourth-order valence-electron chi connectivity index (χ4n) is 2.49. The van der Waals surface area contributed by atoms with Crippen molar-refractivity contribution in [3.05, 3.63) is 66.7 Å². The van der Waals surface area contributed by atoms with Gasteiger partial charge in [0.15, 0.2) is 0 Å². The van der Waals surface area contributed by atoms with E-state index in [4.69, 9.17) is 4.74 Å². The number of rotatable bonds is 9. The molecule has 0 aliphatic rings. The van der Waals surface area contributed by atoms with Gasteiger partial charge in [-0.3, -0.25) is 0 Å². The van der Waals surface area contributed by atoms with Gasteiger partial charge in [-0.15, -0.1) is 6.58 Å². The van der Waals surface area contributed by atoms with E-state index in [0.717, 1.165) is 31.7 Å². The molecule has 0 aliphatic carbocycles. The molecule has 0 fully saturated rings. The van der Waals surface area contributed by atoms with Gasteiger partial charge in [0.05, 0.1) is 6.61 Å². The van der Waals surface area contributed by atoms with Crippen molar-refractivity contribution in [2.24, 2.45) is 0 Å². The van der Waals surface area contributed by atoms with Gasteiger partial charge >= 0.3 is 0 Å². The number of benzene rings is 2. The van der Waals surface area contributed by atoms with Crippen molar-refractivity contribution in [1.82, 2.24) is 5.32 Å². The van der Waals surface area contributed by atoms with E-state index in [1.165, 1.54) is 16.7 Å². The lowest BCUT2D eigenvalue weighted by Gasteiger charge is -2.13. The molecule has 0 spiro atoms. The van der Waals surface area contributed by atoms with Gasteiger partial charge in [-0.25, -0.2) is 0 Å². The van der Waals surface area contributed by atoms with Crippen LogP contribution >= 0.6 is 0 Å². The summed E-state index contributed by atoms with van der Waals surface area (Å²) in [6.07, 6.45) is 3.75. The van der Waals surface area contributed by atoms with Crippen LogP contribution < -0.4 is 10.1 Å². The molecule has 0 heterocycles. The largest absolute Gasteiger partial charge is 0.493 e. The van der Waals surface area contributed by atoms with E-state index in [-0.39, 0.29) is 0 Å². The highest BCUT2D eigenvalue weighted by Gasteiger charge is 2.06. The zero-order valence-corrected chi connectivity index (χ0v) is 14.2. The molecule has 0 aromatic heterocycles. The van der Waals surface area contributed by atoms with Gasteiger partial charge in [-0.2, -0.15) is 0 Å². The lowest BCUT2D eigenvalue weighted by molar-refractivity contribution is 0.304. The molecule has 23 heavy (non-hydrogen) atoms. The maximum absolute atomic E-state index is 5.97. The summed E-state index contributed by atoms with van der Waals surface area (Å²) in [4.78, 5) is 0. The van der Waals surface area contributed by atoms with Crippen molar-refractivity contribution in [2.75, 3.05) is 13.2 Å². The fourth-order valence-corrected chi connectivity index (χ4v) is 2.49. The molecule has 0 aliphatic heterocycles. The van der Waals surface area contributed by atoms with Crippen molar-refractivity contribution < 1.29 is 4.74 Å². The highest BCUT2D eigenvalue weighted by molar-refractivity contribution is 5.65. The van der Waals surface area contributed by atoms with Gasteiger partial charge in [-0.1, -0.05) is 56.3 Å². The van der Waals surface area contributed by atoms with Gasteiger partial charge in [0, 0.05) is 6.04 Å². The van der Waals surface area contributed by atoms with Gasteiger partial charge in [-0.05, 0) is 48.2 Å². The quantitative estimate of drug-likeness (QED) is 0.528. The summed E-state index contributed by atoms with van der Waals surface area (Å²) < 4.78 is 5.97. The monoisotopic (exact) mass is 309 g/mol. The van der Waals surface area contributed by atoms with Crippen molar-refractivity contribution in [1.29, 1.82) is 0 Å². The van der Waals surface area contributed by atoms with Crippen LogP contribution in [0.5, 0.6) is 5.75 Å². The Morgan fingerprint density at radius 3 is 2.57 bits per heavy atom. The van der Waals surface area contributed by atoms with Crippen LogP contribution in [0, 0.1) is 0 Å². The minimum atomic E-state index is 0.525. The van der Waals surface area contributed by atoms with Gasteiger partial charge in [0.25, 0.3) is 0 Å². The fraction of sp³-hybridized carbons (Fsp3) is 0.333. The highest BCUT2D eigenvalue weighted by atomic mass is 16.5. The Morgan fingerprint density at radius 2 is 1.87 bits per heavy atom. The van der Waals surface area contributed by atoms with Crippen LogP contribution in [0.25, 0.3) is 11.1 Å². The molecule has 2 heteroatoms. The van der Waals surface area contributed by atoms with E-state index >= 15 is 0 Å².